The van der Waals surface area contributed by atoms with Gasteiger partial charge in [0.05, 0.1) is 17.3 Å². The van der Waals surface area contributed by atoms with E-state index in [2.05, 4.69) is 68.4 Å². The molecule has 2 aromatic carbocycles. The molecule has 0 fully saturated rings. The summed E-state index contributed by atoms with van der Waals surface area (Å²) in [6.07, 6.45) is 0. The highest BCUT2D eigenvalue weighted by atomic mass is 79.9. The van der Waals surface area contributed by atoms with E-state index in [9.17, 15) is 0 Å². The van der Waals surface area contributed by atoms with Crippen LogP contribution in [0.25, 0.3) is 0 Å². The maximum Gasteiger partial charge on any atom is 0.135 e. The van der Waals surface area contributed by atoms with Gasteiger partial charge in [0.1, 0.15) is 5.75 Å². The van der Waals surface area contributed by atoms with Crippen LogP contribution in [-0.4, -0.2) is 7.11 Å². The van der Waals surface area contributed by atoms with Gasteiger partial charge in [-0.25, -0.2) is 0 Å². The SMILES string of the molecule is COc1cc(NCc2ccccc2C)c(Br)cc1Br. The van der Waals surface area contributed by atoms with Crippen LogP contribution in [0, 0.1) is 6.92 Å². The number of aryl methyl sites for hydroxylation is 1. The van der Waals surface area contributed by atoms with E-state index in [0.717, 1.165) is 26.9 Å². The molecule has 0 amide bonds. The summed E-state index contributed by atoms with van der Waals surface area (Å²) in [5.74, 6) is 0.815. The number of benzene rings is 2. The van der Waals surface area contributed by atoms with Gasteiger partial charge in [-0.1, -0.05) is 24.3 Å². The maximum atomic E-state index is 5.31. The smallest absolute Gasteiger partial charge is 0.135 e. The Kier molecular flexibility index (Phi) is 4.88. The third kappa shape index (κ3) is 3.51. The molecule has 0 unspecified atom stereocenters. The molecule has 0 aliphatic carbocycles. The minimum atomic E-state index is 0.788. The highest BCUT2D eigenvalue weighted by Gasteiger charge is 2.07. The van der Waals surface area contributed by atoms with Gasteiger partial charge in [0.15, 0.2) is 0 Å². The summed E-state index contributed by atoms with van der Waals surface area (Å²) in [5, 5.41) is 3.42. The first-order valence-corrected chi connectivity index (χ1v) is 7.52. The first kappa shape index (κ1) is 14.4. The van der Waals surface area contributed by atoms with E-state index in [1.54, 1.807) is 7.11 Å². The van der Waals surface area contributed by atoms with Gasteiger partial charge in [0.25, 0.3) is 0 Å². The van der Waals surface area contributed by atoms with Crippen molar-refractivity contribution >= 4 is 37.5 Å². The van der Waals surface area contributed by atoms with Gasteiger partial charge in [-0.05, 0) is 56.0 Å². The predicted molar refractivity (Wildman–Crippen MR) is 86.9 cm³/mol. The van der Waals surface area contributed by atoms with Crippen LogP contribution in [0.3, 0.4) is 0 Å². The van der Waals surface area contributed by atoms with Crippen LogP contribution in [0.5, 0.6) is 5.75 Å². The average Bonchev–Trinajstić information content (AvgIpc) is 2.39. The number of rotatable bonds is 4. The lowest BCUT2D eigenvalue weighted by Gasteiger charge is -2.13. The number of methoxy groups -OCH3 is 1. The number of anilines is 1. The molecule has 0 bridgehead atoms. The lowest BCUT2D eigenvalue weighted by molar-refractivity contribution is 0.412. The van der Waals surface area contributed by atoms with Crippen molar-refractivity contribution in [2.24, 2.45) is 0 Å². The van der Waals surface area contributed by atoms with Crippen LogP contribution in [0.1, 0.15) is 11.1 Å². The molecule has 2 aromatic rings. The second kappa shape index (κ2) is 6.44. The molecular formula is C15H15Br2NO. The lowest BCUT2D eigenvalue weighted by atomic mass is 10.1. The minimum Gasteiger partial charge on any atom is -0.495 e. The van der Waals surface area contributed by atoms with E-state index in [1.807, 2.05) is 12.1 Å². The van der Waals surface area contributed by atoms with Crippen molar-refractivity contribution in [3.05, 3.63) is 56.5 Å². The number of hydrogen-bond acceptors (Lipinski definition) is 2. The largest absolute Gasteiger partial charge is 0.495 e. The van der Waals surface area contributed by atoms with E-state index in [0.29, 0.717) is 0 Å². The first-order chi connectivity index (χ1) is 9.11. The van der Waals surface area contributed by atoms with E-state index in [1.165, 1.54) is 11.1 Å². The third-order valence-corrected chi connectivity index (χ3v) is 4.25. The van der Waals surface area contributed by atoms with Gasteiger partial charge < -0.3 is 10.1 Å². The average molecular weight is 385 g/mol. The first-order valence-electron chi connectivity index (χ1n) is 5.93. The number of hydrogen-bond donors (Lipinski definition) is 1. The van der Waals surface area contributed by atoms with E-state index in [4.69, 9.17) is 4.74 Å². The molecule has 19 heavy (non-hydrogen) atoms. The minimum absolute atomic E-state index is 0.788. The van der Waals surface area contributed by atoms with Gasteiger partial charge in [0, 0.05) is 17.1 Å². The van der Waals surface area contributed by atoms with Crippen molar-refractivity contribution in [1.82, 2.24) is 0 Å². The van der Waals surface area contributed by atoms with Gasteiger partial charge in [0.2, 0.25) is 0 Å². The number of ether oxygens (including phenoxy) is 1. The Hall–Kier alpha value is -1.000. The fourth-order valence-corrected chi connectivity index (χ4v) is 3.12. The van der Waals surface area contributed by atoms with Crippen molar-refractivity contribution < 1.29 is 4.74 Å². The highest BCUT2D eigenvalue weighted by Crippen LogP contribution is 2.34. The summed E-state index contributed by atoms with van der Waals surface area (Å²) in [7, 11) is 1.67. The Morgan fingerprint density at radius 2 is 1.84 bits per heavy atom. The molecule has 0 atom stereocenters. The van der Waals surface area contributed by atoms with Gasteiger partial charge >= 0.3 is 0 Å². The summed E-state index contributed by atoms with van der Waals surface area (Å²) in [6.45, 7) is 2.91. The van der Waals surface area contributed by atoms with Crippen molar-refractivity contribution in [3.63, 3.8) is 0 Å². The van der Waals surface area contributed by atoms with E-state index in [-0.39, 0.29) is 0 Å². The number of nitrogens with one attached hydrogen (secondary N) is 1. The summed E-state index contributed by atoms with van der Waals surface area (Å²) >= 11 is 7.02. The fourth-order valence-electron chi connectivity index (χ4n) is 1.82. The second-order valence-corrected chi connectivity index (χ2v) is 5.96. The van der Waals surface area contributed by atoms with Crippen LogP contribution >= 0.6 is 31.9 Å². The Labute approximate surface area is 130 Å². The molecule has 4 heteroatoms. The molecule has 0 aliphatic rings. The molecule has 0 saturated carbocycles. The number of halogens is 2. The van der Waals surface area contributed by atoms with Crippen LogP contribution in [0.15, 0.2) is 45.3 Å². The molecule has 0 saturated heterocycles. The zero-order chi connectivity index (χ0) is 13.8. The van der Waals surface area contributed by atoms with Crippen LogP contribution in [0.2, 0.25) is 0 Å². The molecule has 0 aromatic heterocycles. The highest BCUT2D eigenvalue weighted by molar-refractivity contribution is 9.11. The van der Waals surface area contributed by atoms with Crippen LogP contribution in [-0.2, 0) is 6.54 Å². The quantitative estimate of drug-likeness (QED) is 0.787. The molecule has 0 radical (unpaired) electrons. The third-order valence-electron chi connectivity index (χ3n) is 2.97. The maximum absolute atomic E-state index is 5.31. The lowest BCUT2D eigenvalue weighted by Crippen LogP contribution is -2.02. The fraction of sp³-hybridized carbons (Fsp3) is 0.200. The van der Waals surface area contributed by atoms with Crippen molar-refractivity contribution in [1.29, 1.82) is 0 Å². The van der Waals surface area contributed by atoms with E-state index >= 15 is 0 Å². The molecule has 0 heterocycles. The van der Waals surface area contributed by atoms with Crippen molar-refractivity contribution in [2.45, 2.75) is 13.5 Å². The summed E-state index contributed by atoms with van der Waals surface area (Å²) in [5.41, 5.74) is 3.59. The zero-order valence-electron chi connectivity index (χ0n) is 10.8. The molecule has 0 spiro atoms. The Morgan fingerprint density at radius 3 is 2.53 bits per heavy atom. The standard InChI is InChI=1S/C15H15Br2NO/c1-10-5-3-4-6-11(10)9-18-14-8-15(19-2)13(17)7-12(14)16/h3-8,18H,9H2,1-2H3. The molecule has 2 nitrogen and oxygen atoms in total. The van der Waals surface area contributed by atoms with Crippen molar-refractivity contribution in [3.8, 4) is 5.75 Å². The van der Waals surface area contributed by atoms with Crippen LogP contribution < -0.4 is 10.1 Å². The molecule has 0 aliphatic heterocycles. The molecule has 100 valence electrons. The van der Waals surface area contributed by atoms with Crippen LogP contribution in [0.4, 0.5) is 5.69 Å². The van der Waals surface area contributed by atoms with Gasteiger partial charge in [-0.15, -0.1) is 0 Å². The summed E-state index contributed by atoms with van der Waals surface area (Å²) < 4.78 is 7.25. The Morgan fingerprint density at radius 1 is 1.11 bits per heavy atom. The summed E-state index contributed by atoms with van der Waals surface area (Å²) in [4.78, 5) is 0. The Balaban J connectivity index is 2.18. The van der Waals surface area contributed by atoms with Gasteiger partial charge in [-0.3, -0.25) is 0 Å². The van der Waals surface area contributed by atoms with E-state index < -0.39 is 0 Å². The molecule has 1 N–H and O–H groups in total. The molecule has 2 rings (SSSR count). The normalized spacial score (nSPS) is 10.3. The predicted octanol–water partition coefficient (Wildman–Crippen LogP) is 5.14. The van der Waals surface area contributed by atoms with Gasteiger partial charge in [-0.2, -0.15) is 0 Å². The summed E-state index contributed by atoms with van der Waals surface area (Å²) in [6, 6.07) is 12.3. The zero-order valence-corrected chi connectivity index (χ0v) is 14.0. The Bertz CT molecular complexity index is 584. The second-order valence-electron chi connectivity index (χ2n) is 4.25. The van der Waals surface area contributed by atoms with Crippen molar-refractivity contribution in [2.75, 3.05) is 12.4 Å². The monoisotopic (exact) mass is 383 g/mol. The topological polar surface area (TPSA) is 21.3 Å². The molecular weight excluding hydrogens is 370 g/mol.